The highest BCUT2D eigenvalue weighted by Gasteiger charge is 2.22. The van der Waals surface area contributed by atoms with E-state index >= 15 is 0 Å². The van der Waals surface area contributed by atoms with E-state index < -0.39 is 6.10 Å². The molecule has 18 heavy (non-hydrogen) atoms. The SMILES string of the molecule is CCC(c1nc(CSC2CCCC2)no1)C(C)O. The van der Waals surface area contributed by atoms with E-state index in [0.29, 0.717) is 5.89 Å². The Morgan fingerprint density at radius 3 is 2.78 bits per heavy atom. The minimum atomic E-state index is -0.439. The number of aliphatic hydroxyl groups is 1. The van der Waals surface area contributed by atoms with E-state index in [1.165, 1.54) is 25.7 Å². The maximum atomic E-state index is 9.64. The van der Waals surface area contributed by atoms with E-state index in [9.17, 15) is 5.11 Å². The zero-order chi connectivity index (χ0) is 13.0. The van der Waals surface area contributed by atoms with Crippen molar-refractivity contribution in [3.05, 3.63) is 11.7 Å². The van der Waals surface area contributed by atoms with Crippen molar-refractivity contribution in [1.29, 1.82) is 0 Å². The van der Waals surface area contributed by atoms with E-state index in [0.717, 1.165) is 23.2 Å². The van der Waals surface area contributed by atoms with Crippen molar-refractivity contribution in [3.8, 4) is 0 Å². The van der Waals surface area contributed by atoms with Gasteiger partial charge in [-0.25, -0.2) is 0 Å². The van der Waals surface area contributed by atoms with Gasteiger partial charge >= 0.3 is 0 Å². The van der Waals surface area contributed by atoms with Crippen LogP contribution in [0, 0.1) is 0 Å². The van der Waals surface area contributed by atoms with Crippen molar-refractivity contribution in [1.82, 2.24) is 10.1 Å². The van der Waals surface area contributed by atoms with Crippen molar-refractivity contribution < 1.29 is 9.63 Å². The minimum absolute atomic E-state index is 0.0391. The molecule has 1 N–H and O–H groups in total. The van der Waals surface area contributed by atoms with E-state index in [1.807, 2.05) is 18.7 Å². The molecule has 1 fully saturated rings. The van der Waals surface area contributed by atoms with Gasteiger partial charge in [-0.3, -0.25) is 0 Å². The van der Waals surface area contributed by atoms with Crippen molar-refractivity contribution in [2.75, 3.05) is 0 Å². The highest BCUT2D eigenvalue weighted by atomic mass is 32.2. The smallest absolute Gasteiger partial charge is 0.232 e. The third kappa shape index (κ3) is 3.48. The molecule has 0 aromatic carbocycles. The van der Waals surface area contributed by atoms with Crippen LogP contribution < -0.4 is 0 Å². The van der Waals surface area contributed by atoms with E-state index in [1.54, 1.807) is 6.92 Å². The minimum Gasteiger partial charge on any atom is -0.393 e. The largest absolute Gasteiger partial charge is 0.393 e. The molecule has 2 atom stereocenters. The average Bonchev–Trinajstić information content (AvgIpc) is 2.97. The van der Waals surface area contributed by atoms with Gasteiger partial charge in [0.05, 0.1) is 17.8 Å². The molecule has 1 aromatic rings. The maximum absolute atomic E-state index is 9.64. The first-order valence-electron chi connectivity index (χ1n) is 6.82. The van der Waals surface area contributed by atoms with E-state index in [4.69, 9.17) is 4.52 Å². The maximum Gasteiger partial charge on any atom is 0.232 e. The molecular formula is C13H22N2O2S. The molecule has 1 aromatic heterocycles. The van der Waals surface area contributed by atoms with Gasteiger partial charge in [0.15, 0.2) is 5.82 Å². The lowest BCUT2D eigenvalue weighted by Gasteiger charge is -2.12. The molecule has 1 aliphatic carbocycles. The normalized spacial score (nSPS) is 20.2. The molecule has 1 aliphatic rings. The number of rotatable bonds is 6. The van der Waals surface area contributed by atoms with Gasteiger partial charge < -0.3 is 9.63 Å². The van der Waals surface area contributed by atoms with E-state index in [-0.39, 0.29) is 5.92 Å². The lowest BCUT2D eigenvalue weighted by molar-refractivity contribution is 0.141. The summed E-state index contributed by atoms with van der Waals surface area (Å²) in [6.45, 7) is 3.79. The van der Waals surface area contributed by atoms with Crippen molar-refractivity contribution in [3.63, 3.8) is 0 Å². The molecule has 1 saturated carbocycles. The van der Waals surface area contributed by atoms with E-state index in [2.05, 4.69) is 10.1 Å². The van der Waals surface area contributed by atoms with Crippen LogP contribution in [0.1, 0.15) is 63.6 Å². The van der Waals surface area contributed by atoms with Crippen LogP contribution in [0.3, 0.4) is 0 Å². The third-order valence-corrected chi connectivity index (χ3v) is 4.94. The number of hydrogen-bond acceptors (Lipinski definition) is 5. The highest BCUT2D eigenvalue weighted by molar-refractivity contribution is 7.99. The first-order valence-corrected chi connectivity index (χ1v) is 7.87. The molecule has 2 unspecified atom stereocenters. The topological polar surface area (TPSA) is 59.2 Å². The van der Waals surface area contributed by atoms with Crippen LogP contribution in [0.2, 0.25) is 0 Å². The fourth-order valence-corrected chi connectivity index (χ4v) is 3.61. The summed E-state index contributed by atoms with van der Waals surface area (Å²) in [5, 5.41) is 14.4. The Balaban J connectivity index is 1.88. The Bertz CT molecular complexity index is 362. The van der Waals surface area contributed by atoms with Crippen molar-refractivity contribution in [2.45, 2.75) is 69.0 Å². The number of hydrogen-bond donors (Lipinski definition) is 1. The number of thioether (sulfide) groups is 1. The Morgan fingerprint density at radius 1 is 1.44 bits per heavy atom. The molecule has 5 heteroatoms. The lowest BCUT2D eigenvalue weighted by atomic mass is 10.0. The van der Waals surface area contributed by atoms with Crippen LogP contribution in [0.25, 0.3) is 0 Å². The second-order valence-corrected chi connectivity index (χ2v) is 6.31. The second-order valence-electron chi connectivity index (χ2n) is 5.02. The van der Waals surface area contributed by atoms with Gasteiger partial charge in [0.2, 0.25) is 5.89 Å². The summed E-state index contributed by atoms with van der Waals surface area (Å²) in [4.78, 5) is 4.41. The van der Waals surface area contributed by atoms with Crippen molar-refractivity contribution in [2.24, 2.45) is 0 Å². The fraction of sp³-hybridized carbons (Fsp3) is 0.846. The molecular weight excluding hydrogens is 248 g/mol. The zero-order valence-electron chi connectivity index (χ0n) is 11.1. The Kier molecular flexibility index (Phi) is 5.06. The Labute approximate surface area is 113 Å². The molecule has 0 radical (unpaired) electrons. The van der Waals surface area contributed by atoms with Gasteiger partial charge in [-0.2, -0.15) is 16.7 Å². The molecule has 2 rings (SSSR count). The van der Waals surface area contributed by atoms with Gasteiger partial charge in [-0.05, 0) is 26.2 Å². The van der Waals surface area contributed by atoms with Crippen LogP contribution >= 0.6 is 11.8 Å². The molecule has 0 bridgehead atoms. The van der Waals surface area contributed by atoms with Crippen molar-refractivity contribution >= 4 is 11.8 Å². The van der Waals surface area contributed by atoms with Gasteiger partial charge in [-0.1, -0.05) is 24.9 Å². The van der Waals surface area contributed by atoms with Gasteiger partial charge in [0.25, 0.3) is 0 Å². The highest BCUT2D eigenvalue weighted by Crippen LogP contribution is 2.31. The molecule has 0 spiro atoms. The monoisotopic (exact) mass is 270 g/mol. The number of aliphatic hydroxyl groups excluding tert-OH is 1. The van der Waals surface area contributed by atoms with Gasteiger partial charge in [0, 0.05) is 5.25 Å². The molecule has 0 aliphatic heterocycles. The summed E-state index contributed by atoms with van der Waals surface area (Å²) >= 11 is 1.93. The zero-order valence-corrected chi connectivity index (χ0v) is 11.9. The molecule has 0 saturated heterocycles. The molecule has 102 valence electrons. The standard InChI is InChI=1S/C13H22N2O2S/c1-3-11(9(2)16)13-14-12(15-17-13)8-18-10-6-4-5-7-10/h9-11,16H,3-8H2,1-2H3. The summed E-state index contributed by atoms with van der Waals surface area (Å²) in [6, 6.07) is 0. The van der Waals surface area contributed by atoms with Gasteiger partial charge in [0.1, 0.15) is 0 Å². The van der Waals surface area contributed by atoms with Crippen LogP contribution in [-0.2, 0) is 5.75 Å². The lowest BCUT2D eigenvalue weighted by Crippen LogP contribution is -2.14. The van der Waals surface area contributed by atoms with Crippen LogP contribution in [0.15, 0.2) is 4.52 Å². The molecule has 4 nitrogen and oxygen atoms in total. The number of aromatic nitrogens is 2. The summed E-state index contributed by atoms with van der Waals surface area (Å²) in [6.07, 6.45) is 5.73. The summed E-state index contributed by atoms with van der Waals surface area (Å²) in [5.74, 6) is 2.13. The van der Waals surface area contributed by atoms with Gasteiger partial charge in [-0.15, -0.1) is 0 Å². The summed E-state index contributed by atoms with van der Waals surface area (Å²) in [5.41, 5.74) is 0. The van der Waals surface area contributed by atoms with Crippen LogP contribution in [-0.4, -0.2) is 26.6 Å². The second kappa shape index (κ2) is 6.57. The third-order valence-electron chi connectivity index (χ3n) is 3.57. The quantitative estimate of drug-likeness (QED) is 0.860. The predicted octanol–water partition coefficient (Wildman–Crippen LogP) is 3.12. The first kappa shape index (κ1) is 13.9. The molecule has 0 amide bonds. The summed E-state index contributed by atoms with van der Waals surface area (Å²) in [7, 11) is 0. The fourth-order valence-electron chi connectivity index (χ4n) is 2.45. The number of nitrogens with zero attached hydrogens (tertiary/aromatic N) is 2. The first-order chi connectivity index (χ1) is 8.70. The Hall–Kier alpha value is -0.550. The summed E-state index contributed by atoms with van der Waals surface area (Å²) < 4.78 is 5.26. The average molecular weight is 270 g/mol. The Morgan fingerprint density at radius 2 is 2.17 bits per heavy atom. The molecule has 1 heterocycles. The predicted molar refractivity (Wildman–Crippen MR) is 72.6 cm³/mol. The van der Waals surface area contributed by atoms with Crippen LogP contribution in [0.4, 0.5) is 0 Å². The van der Waals surface area contributed by atoms with Crippen LogP contribution in [0.5, 0.6) is 0 Å².